The molecule has 0 fully saturated rings. The van der Waals surface area contributed by atoms with Gasteiger partial charge in [-0.15, -0.1) is 0 Å². The molecule has 0 aliphatic heterocycles. The third-order valence-electron chi connectivity index (χ3n) is 15.5. The number of aliphatic hydroxyl groups excluding tert-OH is 1. The van der Waals surface area contributed by atoms with Gasteiger partial charge in [0.1, 0.15) is 19.3 Å². The highest BCUT2D eigenvalue weighted by molar-refractivity contribution is 7.47. The Hall–Kier alpha value is -1.94. The minimum atomic E-state index is -4.95. The Morgan fingerprint density at radius 2 is 0.535 bits per heavy atom. The van der Waals surface area contributed by atoms with Gasteiger partial charge in [-0.05, 0) is 37.5 Å². The summed E-state index contributed by atoms with van der Waals surface area (Å²) in [6.07, 6.45) is 43.3. The number of unbranched alkanes of at least 4 members (excludes halogenated alkanes) is 36. The van der Waals surface area contributed by atoms with E-state index in [9.17, 15) is 43.2 Å². The summed E-state index contributed by atoms with van der Waals surface area (Å²) in [6, 6.07) is 0. The van der Waals surface area contributed by atoms with E-state index >= 15 is 0 Å². The number of esters is 4. The van der Waals surface area contributed by atoms with E-state index in [-0.39, 0.29) is 25.7 Å². The second-order valence-electron chi connectivity index (χ2n) is 25.2. The van der Waals surface area contributed by atoms with Crippen molar-refractivity contribution in [2.75, 3.05) is 39.6 Å². The number of rotatable bonds is 66. The molecule has 5 atom stereocenters. The molecule has 0 spiro atoms. The summed E-state index contributed by atoms with van der Waals surface area (Å²) in [5.74, 6) is -0.663. The van der Waals surface area contributed by atoms with Gasteiger partial charge in [0.15, 0.2) is 12.2 Å². The van der Waals surface area contributed by atoms with Crippen molar-refractivity contribution in [3.63, 3.8) is 0 Å². The van der Waals surface area contributed by atoms with Gasteiger partial charge in [-0.25, -0.2) is 9.13 Å². The number of carbonyl (C=O) groups excluding carboxylic acids is 4. The van der Waals surface area contributed by atoms with E-state index in [4.69, 9.17) is 37.0 Å². The van der Waals surface area contributed by atoms with Gasteiger partial charge >= 0.3 is 39.5 Å². The molecule has 0 radical (unpaired) electrons. The van der Waals surface area contributed by atoms with Crippen molar-refractivity contribution >= 4 is 39.5 Å². The Kier molecular flexibility index (Phi) is 58.0. The minimum absolute atomic E-state index is 0.102. The highest BCUT2D eigenvalue weighted by Crippen LogP contribution is 2.45. The smallest absolute Gasteiger partial charge is 0.462 e. The van der Waals surface area contributed by atoms with Crippen LogP contribution in [-0.4, -0.2) is 96.7 Å². The summed E-state index contributed by atoms with van der Waals surface area (Å²) in [7, 11) is -9.89. The molecule has 86 heavy (non-hydrogen) atoms. The first-order valence-corrected chi connectivity index (χ1v) is 38.0. The number of phosphoric ester groups is 2. The molecule has 2 unspecified atom stereocenters. The van der Waals surface area contributed by atoms with Crippen LogP contribution in [0.25, 0.3) is 0 Å². The Morgan fingerprint density at radius 1 is 0.314 bits per heavy atom. The maximum absolute atomic E-state index is 13.0. The number of hydrogen-bond donors (Lipinski definition) is 3. The van der Waals surface area contributed by atoms with E-state index in [1.807, 2.05) is 0 Å². The van der Waals surface area contributed by atoms with E-state index in [1.165, 1.54) is 148 Å². The van der Waals surface area contributed by atoms with Gasteiger partial charge in [0.25, 0.3) is 0 Å². The molecule has 0 saturated carbocycles. The fraction of sp³-hybridized carbons (Fsp3) is 0.940. The standard InChI is InChI=1S/C67H130O17P2/c1-7-9-11-13-15-17-23-27-31-38-44-50-65(70)78-55-62(83-66(71)51-45-39-32-28-25-22-20-18-19-21-24-26-29-35-41-47-59(3)4)57-81-85(73,74)79-53-61(68)54-80-86(75,76)82-58-63(56-77-64(69)49-43-37-30-16-14-12-10-8-2)84-67(72)52-46-40-34-33-36-42-48-60(5)6/h59-63,68H,7-58H2,1-6H3,(H,73,74)(H,75,76)/t61-,62-,63-/m1/s1. The lowest BCUT2D eigenvalue weighted by atomic mass is 10.0. The molecule has 0 aromatic heterocycles. The Morgan fingerprint density at radius 3 is 0.791 bits per heavy atom. The van der Waals surface area contributed by atoms with Crippen LogP contribution in [0.4, 0.5) is 0 Å². The normalized spacial score (nSPS) is 14.2. The third kappa shape index (κ3) is 60.9. The predicted molar refractivity (Wildman–Crippen MR) is 345 cm³/mol. The van der Waals surface area contributed by atoms with Crippen molar-refractivity contribution in [3.8, 4) is 0 Å². The zero-order chi connectivity index (χ0) is 63.6. The van der Waals surface area contributed by atoms with Crippen LogP contribution >= 0.6 is 15.6 Å². The molecular weight excluding hydrogens is 1140 g/mol. The van der Waals surface area contributed by atoms with E-state index in [1.54, 1.807) is 0 Å². The van der Waals surface area contributed by atoms with Gasteiger partial charge in [-0.1, -0.05) is 286 Å². The van der Waals surface area contributed by atoms with Crippen LogP contribution in [-0.2, 0) is 65.4 Å². The van der Waals surface area contributed by atoms with Gasteiger partial charge < -0.3 is 33.8 Å². The summed E-state index contributed by atoms with van der Waals surface area (Å²) < 4.78 is 68.0. The summed E-state index contributed by atoms with van der Waals surface area (Å²) in [5.41, 5.74) is 0. The molecule has 0 aromatic carbocycles. The highest BCUT2D eigenvalue weighted by atomic mass is 31.2. The van der Waals surface area contributed by atoms with Gasteiger partial charge in [-0.2, -0.15) is 0 Å². The molecule has 510 valence electrons. The molecule has 0 heterocycles. The van der Waals surface area contributed by atoms with Crippen LogP contribution in [0, 0.1) is 11.8 Å². The van der Waals surface area contributed by atoms with Crippen LogP contribution in [0.5, 0.6) is 0 Å². The molecule has 0 aliphatic carbocycles. The molecule has 3 N–H and O–H groups in total. The molecule has 0 rings (SSSR count). The lowest BCUT2D eigenvalue weighted by Gasteiger charge is -2.21. The summed E-state index contributed by atoms with van der Waals surface area (Å²) in [6.45, 7) is 9.43. The van der Waals surface area contributed by atoms with Crippen molar-refractivity contribution in [2.24, 2.45) is 11.8 Å². The number of aliphatic hydroxyl groups is 1. The quantitative estimate of drug-likeness (QED) is 0.0222. The molecular formula is C67H130O17P2. The van der Waals surface area contributed by atoms with Crippen molar-refractivity contribution in [2.45, 2.75) is 355 Å². The maximum Gasteiger partial charge on any atom is 0.472 e. The number of phosphoric acid groups is 2. The molecule has 0 saturated heterocycles. The fourth-order valence-electron chi connectivity index (χ4n) is 10.1. The van der Waals surface area contributed by atoms with E-state index in [0.717, 1.165) is 102 Å². The lowest BCUT2D eigenvalue weighted by molar-refractivity contribution is -0.161. The summed E-state index contributed by atoms with van der Waals surface area (Å²) in [4.78, 5) is 72.2. The van der Waals surface area contributed by atoms with Crippen LogP contribution in [0.15, 0.2) is 0 Å². The monoisotopic (exact) mass is 1270 g/mol. The third-order valence-corrected chi connectivity index (χ3v) is 17.4. The molecule has 0 aliphatic rings. The minimum Gasteiger partial charge on any atom is -0.462 e. The lowest BCUT2D eigenvalue weighted by Crippen LogP contribution is -2.30. The number of ether oxygens (including phenoxy) is 4. The Balaban J connectivity index is 5.18. The molecule has 0 aromatic rings. The van der Waals surface area contributed by atoms with Crippen LogP contribution < -0.4 is 0 Å². The van der Waals surface area contributed by atoms with E-state index in [0.29, 0.717) is 31.6 Å². The van der Waals surface area contributed by atoms with Crippen LogP contribution in [0.2, 0.25) is 0 Å². The Bertz CT molecular complexity index is 1680. The first kappa shape index (κ1) is 84.1. The highest BCUT2D eigenvalue weighted by Gasteiger charge is 2.30. The van der Waals surface area contributed by atoms with Gasteiger partial charge in [0.05, 0.1) is 26.4 Å². The molecule has 17 nitrogen and oxygen atoms in total. The second-order valence-corrected chi connectivity index (χ2v) is 28.1. The van der Waals surface area contributed by atoms with Gasteiger partial charge in [-0.3, -0.25) is 37.3 Å². The van der Waals surface area contributed by atoms with E-state index < -0.39 is 97.5 Å². The zero-order valence-corrected chi connectivity index (χ0v) is 57.4. The van der Waals surface area contributed by atoms with Crippen molar-refractivity contribution in [1.82, 2.24) is 0 Å². The maximum atomic E-state index is 13.0. The number of carbonyl (C=O) groups is 4. The average molecular weight is 1270 g/mol. The topological polar surface area (TPSA) is 237 Å². The Labute approximate surface area is 524 Å². The summed E-state index contributed by atoms with van der Waals surface area (Å²) >= 11 is 0. The average Bonchev–Trinajstić information content (AvgIpc) is 3.64. The van der Waals surface area contributed by atoms with Crippen molar-refractivity contribution < 1.29 is 80.2 Å². The van der Waals surface area contributed by atoms with Gasteiger partial charge in [0, 0.05) is 25.7 Å². The first-order chi connectivity index (χ1) is 41.4. The first-order valence-electron chi connectivity index (χ1n) is 35.0. The van der Waals surface area contributed by atoms with Crippen molar-refractivity contribution in [3.05, 3.63) is 0 Å². The molecule has 0 bridgehead atoms. The van der Waals surface area contributed by atoms with Gasteiger partial charge in [0.2, 0.25) is 0 Å². The van der Waals surface area contributed by atoms with Crippen LogP contribution in [0.3, 0.4) is 0 Å². The van der Waals surface area contributed by atoms with Crippen molar-refractivity contribution in [1.29, 1.82) is 0 Å². The number of hydrogen-bond acceptors (Lipinski definition) is 15. The van der Waals surface area contributed by atoms with E-state index in [2.05, 4.69) is 41.5 Å². The molecule has 19 heteroatoms. The largest absolute Gasteiger partial charge is 0.472 e. The second kappa shape index (κ2) is 59.4. The fourth-order valence-corrected chi connectivity index (χ4v) is 11.6. The van der Waals surface area contributed by atoms with Crippen LogP contribution in [0.1, 0.15) is 337 Å². The summed E-state index contributed by atoms with van der Waals surface area (Å²) in [5, 5.41) is 10.5. The SMILES string of the molecule is CCCCCCCCCCCCCC(=O)OC[C@H](COP(=O)(O)OC[C@@H](O)COP(=O)(O)OC[C@@H](COC(=O)CCCCCCCCCC)OC(=O)CCCCCCCCC(C)C)OC(=O)CCCCCCCCCCCCCCCCCC(C)C. The zero-order valence-electron chi connectivity index (χ0n) is 55.6. The predicted octanol–water partition coefficient (Wildman–Crippen LogP) is 18.8. The molecule has 0 amide bonds.